The highest BCUT2D eigenvalue weighted by molar-refractivity contribution is 14.1. The lowest BCUT2D eigenvalue weighted by Gasteiger charge is -2.14. The maximum atomic E-state index is 14.0. The van der Waals surface area contributed by atoms with Crippen molar-refractivity contribution < 1.29 is 45.0 Å². The molecule has 0 aliphatic rings. The van der Waals surface area contributed by atoms with Crippen LogP contribution in [0, 0.1) is 31.9 Å². The fraction of sp³-hybridized carbons (Fsp3) is 0.259. The molecule has 0 amide bonds. The Labute approximate surface area is 309 Å². The zero-order valence-electron chi connectivity index (χ0n) is 23.6. The third-order valence-electron chi connectivity index (χ3n) is 5.76. The van der Waals surface area contributed by atoms with Crippen LogP contribution in [0.1, 0.15) is 33.7 Å². The molecule has 288 valence electrons. The second kappa shape index (κ2) is 18.7. The van der Waals surface area contributed by atoms with E-state index >= 15 is 0 Å². The summed E-state index contributed by atoms with van der Waals surface area (Å²) in [4.78, 5) is 70.1. The minimum absolute atomic E-state index is 0. The monoisotopic (exact) mass is 910 g/mol. The number of hydrogen-bond donors (Lipinski definition) is 1. The van der Waals surface area contributed by atoms with Crippen molar-refractivity contribution in [3.63, 3.8) is 0 Å². The van der Waals surface area contributed by atoms with E-state index in [9.17, 15) is 74.5 Å². The van der Waals surface area contributed by atoms with E-state index in [-0.39, 0.29) is 48.1 Å². The maximum Gasteiger partial charge on any atom is 0.431 e. The van der Waals surface area contributed by atoms with E-state index in [0.29, 0.717) is 24.3 Å². The molecule has 14 nitrogen and oxygen atoms in total. The van der Waals surface area contributed by atoms with Crippen LogP contribution >= 0.6 is 45.8 Å². The van der Waals surface area contributed by atoms with Crippen LogP contribution in [0.3, 0.4) is 0 Å². The van der Waals surface area contributed by atoms with Gasteiger partial charge in [-0.3, -0.25) is 34.4 Å². The molecule has 0 spiro atoms. The van der Waals surface area contributed by atoms with Gasteiger partial charge in [0.05, 0.1) is 21.2 Å². The number of nitrogens with one attached hydrogen (secondary N) is 1. The summed E-state index contributed by atoms with van der Waals surface area (Å²) in [6.45, 7) is 0. The van der Waals surface area contributed by atoms with Gasteiger partial charge < -0.3 is 4.98 Å². The molecule has 0 fully saturated rings. The van der Waals surface area contributed by atoms with E-state index in [1.165, 1.54) is 4.98 Å². The van der Waals surface area contributed by atoms with Crippen molar-refractivity contribution in [1.82, 2.24) is 18.7 Å². The molecule has 0 radical (unpaired) electrons. The normalized spacial score (nSPS) is 10.6. The lowest BCUT2D eigenvalue weighted by molar-refractivity contribution is -0.384. The molecule has 0 bridgehead atoms. The molecular weight excluding hydrogens is 886 g/mol. The van der Waals surface area contributed by atoms with Crippen molar-refractivity contribution in [3.05, 3.63) is 131 Å². The van der Waals surface area contributed by atoms with Crippen LogP contribution in [0.15, 0.2) is 55.6 Å². The average Bonchev–Trinajstić information content (AvgIpc) is 2.96. The molecular formula is C27H25Cl2F8IN6O8. The number of nitro groups is 2. The Morgan fingerprint density at radius 1 is 0.692 bits per heavy atom. The summed E-state index contributed by atoms with van der Waals surface area (Å²) >= 11 is 13.1. The molecule has 0 saturated heterocycles. The lowest BCUT2D eigenvalue weighted by atomic mass is 10.2. The molecule has 2 heterocycles. The number of aromatic nitrogens is 4. The summed E-state index contributed by atoms with van der Waals surface area (Å²) in [6.07, 6.45) is -9.99. The zero-order valence-corrected chi connectivity index (χ0v) is 27.3. The summed E-state index contributed by atoms with van der Waals surface area (Å²) in [5.41, 5.74) is -12.8. The topological polar surface area (TPSA) is 185 Å². The third kappa shape index (κ3) is 10.7. The van der Waals surface area contributed by atoms with E-state index in [0.717, 1.165) is 7.05 Å². The Hall–Kier alpha value is -4.65. The van der Waals surface area contributed by atoms with E-state index < -0.39 is 101 Å². The number of hydrogen-bond acceptors (Lipinski definition) is 8. The van der Waals surface area contributed by atoms with Crippen LogP contribution in [0.25, 0.3) is 11.4 Å². The Morgan fingerprint density at radius 2 is 1.08 bits per heavy atom. The number of nitrogens with zero attached hydrogens (tertiary/aromatic N) is 5. The minimum atomic E-state index is -5.00. The van der Waals surface area contributed by atoms with Gasteiger partial charge in [0.25, 0.3) is 22.5 Å². The Bertz CT molecular complexity index is 2170. The van der Waals surface area contributed by atoms with Crippen molar-refractivity contribution in [2.75, 3.05) is 4.93 Å². The molecule has 1 N–H and O–H groups in total. The molecule has 4 rings (SSSR count). The molecule has 0 unspecified atom stereocenters. The van der Waals surface area contributed by atoms with Gasteiger partial charge in [-0.05, 0) is 4.93 Å². The summed E-state index contributed by atoms with van der Waals surface area (Å²) in [5.74, 6) is -2.59. The molecule has 0 aliphatic heterocycles. The number of halogens is 11. The highest BCUT2D eigenvalue weighted by Gasteiger charge is 2.36. The smallest absolute Gasteiger partial charge is 0.303 e. The van der Waals surface area contributed by atoms with Crippen LogP contribution < -0.4 is 22.5 Å². The largest absolute Gasteiger partial charge is 0.431 e. The quantitative estimate of drug-likeness (QED) is 0.0719. The fourth-order valence-corrected chi connectivity index (χ4v) is 4.11. The van der Waals surface area contributed by atoms with Gasteiger partial charge in [0.15, 0.2) is 0 Å². The van der Waals surface area contributed by atoms with Crippen molar-refractivity contribution >= 4 is 57.2 Å². The molecule has 25 heteroatoms. The summed E-state index contributed by atoms with van der Waals surface area (Å²) in [5, 5.41) is 20.4. The van der Waals surface area contributed by atoms with Crippen molar-refractivity contribution in [1.29, 1.82) is 0 Å². The molecule has 4 aromatic rings. The minimum Gasteiger partial charge on any atom is -0.303 e. The fourth-order valence-electron chi connectivity index (χ4n) is 3.67. The number of benzene rings is 2. The number of alkyl halides is 7. The van der Waals surface area contributed by atoms with Crippen molar-refractivity contribution in [2.24, 2.45) is 7.05 Å². The highest BCUT2D eigenvalue weighted by atomic mass is 127. The number of nitro benzene ring substituents is 2. The van der Waals surface area contributed by atoms with E-state index in [1.807, 2.05) is 4.93 Å². The second-order valence-electron chi connectivity index (χ2n) is 8.73. The van der Waals surface area contributed by atoms with Gasteiger partial charge in [-0.25, -0.2) is 27.5 Å². The molecule has 2 aromatic heterocycles. The van der Waals surface area contributed by atoms with Crippen LogP contribution in [-0.4, -0.2) is 33.5 Å². The Morgan fingerprint density at radius 3 is 1.42 bits per heavy atom. The van der Waals surface area contributed by atoms with Gasteiger partial charge in [-0.15, -0.1) is 0 Å². The standard InChI is InChI=1S/C12H6ClF4N3O4.C11H4ClF4N3O4.CH3I.3CH4/c1-18-9(12(15,16)17)4-10(21)19(11(18)22)8-3-7(20(23)24)5(13)2-6(8)14;12-4-1-5(13)7(2-6(4)19(22)23)18-9(20)3-8(11(14,15)16)17-10(18)21;1-2;;;/h2-4H,1H3;1-3H,(H,17,21);1H3;3*1H4. The van der Waals surface area contributed by atoms with E-state index in [4.69, 9.17) is 23.2 Å². The van der Waals surface area contributed by atoms with Gasteiger partial charge >= 0.3 is 23.7 Å². The molecule has 0 aliphatic carbocycles. The number of aromatic amines is 1. The highest BCUT2D eigenvalue weighted by Crippen LogP contribution is 2.31. The first-order valence-corrected chi connectivity index (χ1v) is 14.9. The summed E-state index contributed by atoms with van der Waals surface area (Å²) in [6, 6.07) is 2.04. The third-order valence-corrected chi connectivity index (χ3v) is 6.36. The number of rotatable bonds is 4. The van der Waals surface area contributed by atoms with Crippen LogP contribution in [-0.2, 0) is 19.4 Å². The number of H-pyrrole nitrogens is 1. The summed E-state index contributed by atoms with van der Waals surface area (Å²) < 4.78 is 104. The van der Waals surface area contributed by atoms with Crippen LogP contribution in [0.2, 0.25) is 10.0 Å². The molecule has 0 atom stereocenters. The Kier molecular flexibility index (Phi) is 17.8. The van der Waals surface area contributed by atoms with Gasteiger partial charge in [0, 0.05) is 43.4 Å². The van der Waals surface area contributed by atoms with Gasteiger partial charge in [-0.1, -0.05) is 68.1 Å². The van der Waals surface area contributed by atoms with E-state index in [2.05, 4.69) is 22.6 Å². The van der Waals surface area contributed by atoms with E-state index in [1.54, 1.807) is 0 Å². The van der Waals surface area contributed by atoms with Crippen LogP contribution in [0.4, 0.5) is 46.5 Å². The van der Waals surface area contributed by atoms with Crippen molar-refractivity contribution in [3.8, 4) is 11.4 Å². The lowest BCUT2D eigenvalue weighted by Crippen LogP contribution is -2.41. The van der Waals surface area contributed by atoms with Crippen LogP contribution in [0.5, 0.6) is 0 Å². The van der Waals surface area contributed by atoms with Gasteiger partial charge in [-0.2, -0.15) is 26.3 Å². The van der Waals surface area contributed by atoms with Crippen molar-refractivity contribution in [2.45, 2.75) is 34.6 Å². The Balaban J connectivity index is 0. The predicted octanol–water partition coefficient (Wildman–Crippen LogP) is 7.46. The maximum absolute atomic E-state index is 14.0. The summed E-state index contributed by atoms with van der Waals surface area (Å²) in [7, 11) is 0.726. The van der Waals surface area contributed by atoms with Gasteiger partial charge in [0.1, 0.15) is 33.1 Å². The first-order valence-electron chi connectivity index (χ1n) is 12.0. The first kappa shape index (κ1) is 49.5. The molecule has 2 aromatic carbocycles. The predicted molar refractivity (Wildman–Crippen MR) is 183 cm³/mol. The zero-order chi connectivity index (χ0) is 37.9. The molecule has 0 saturated carbocycles. The molecule has 52 heavy (non-hydrogen) atoms. The first-order chi connectivity index (χ1) is 22.5. The average molecular weight is 911 g/mol. The second-order valence-corrected chi connectivity index (χ2v) is 9.54. The SMILES string of the molecule is C.C.C.CI.Cn1c(C(F)(F)F)cc(=O)n(-c2cc([N+](=O)[O-])c(Cl)cc2F)c1=O.O=c1cc(C(F)(F)F)[nH]c(=O)n1-c1cc([N+](=O)[O-])c(Cl)cc1F. The van der Waals surface area contributed by atoms with Gasteiger partial charge in [0.2, 0.25) is 0 Å².